The maximum Gasteiger partial charge on any atom is 0.0540 e. The first kappa shape index (κ1) is 45.8. The highest BCUT2D eigenvalue weighted by Gasteiger charge is 2.20. The standard InChI is InChI=1S/C74H52N2/c1-5-17-53(18-6-1)55-33-37-61(38-34-55)67-49-51-73(71-27-15-13-25-69(67)71)75(63-21-9-3-10-22-63)65-45-41-59(42-46-65)57-29-31-58(32-30-57)60-43-47-66(48-44-60)76(64-23-11-4-12-24-64)74-52-50-68(70-26-14-16-28-72(70)74)62-39-35-56(36-40-62)54-19-7-2-8-20-54/h1-52H. The quantitative estimate of drug-likeness (QED) is 0.120. The molecule has 0 aliphatic carbocycles. The van der Waals surface area contributed by atoms with Crippen LogP contribution in [-0.4, -0.2) is 0 Å². The Morgan fingerprint density at radius 3 is 0.684 bits per heavy atom. The maximum atomic E-state index is 2.38. The normalized spacial score (nSPS) is 11.2. The molecule has 0 spiro atoms. The molecule has 358 valence electrons. The van der Waals surface area contributed by atoms with Crippen LogP contribution in [0.25, 0.3) is 88.3 Å². The van der Waals surface area contributed by atoms with E-state index in [-0.39, 0.29) is 0 Å². The Kier molecular flexibility index (Phi) is 12.3. The first-order valence-electron chi connectivity index (χ1n) is 26.1. The topological polar surface area (TPSA) is 6.48 Å². The molecule has 76 heavy (non-hydrogen) atoms. The van der Waals surface area contributed by atoms with Gasteiger partial charge < -0.3 is 9.80 Å². The van der Waals surface area contributed by atoms with Crippen molar-refractivity contribution in [2.75, 3.05) is 9.80 Å². The van der Waals surface area contributed by atoms with Crippen molar-refractivity contribution in [1.82, 2.24) is 0 Å². The highest BCUT2D eigenvalue weighted by atomic mass is 15.1. The minimum Gasteiger partial charge on any atom is -0.310 e. The summed E-state index contributed by atoms with van der Waals surface area (Å²) in [4.78, 5) is 4.76. The van der Waals surface area contributed by atoms with Crippen LogP contribution >= 0.6 is 0 Å². The van der Waals surface area contributed by atoms with Gasteiger partial charge in [0.15, 0.2) is 0 Å². The van der Waals surface area contributed by atoms with Gasteiger partial charge in [-0.3, -0.25) is 0 Å². The Morgan fingerprint density at radius 1 is 0.145 bits per heavy atom. The first-order valence-corrected chi connectivity index (χ1v) is 26.1. The third kappa shape index (κ3) is 8.99. The van der Waals surface area contributed by atoms with Gasteiger partial charge in [0.1, 0.15) is 0 Å². The third-order valence-electron chi connectivity index (χ3n) is 14.7. The fraction of sp³-hybridized carbons (Fsp3) is 0. The van der Waals surface area contributed by atoms with Gasteiger partial charge in [0.05, 0.1) is 11.4 Å². The van der Waals surface area contributed by atoms with E-state index in [2.05, 4.69) is 325 Å². The number of para-hydroxylation sites is 2. The zero-order chi connectivity index (χ0) is 50.6. The molecule has 0 unspecified atom stereocenters. The molecular formula is C74H52N2. The van der Waals surface area contributed by atoms with E-state index in [1.807, 2.05) is 0 Å². The van der Waals surface area contributed by atoms with Crippen LogP contribution in [-0.2, 0) is 0 Å². The number of rotatable bonds is 12. The predicted molar refractivity (Wildman–Crippen MR) is 323 cm³/mol. The summed E-state index contributed by atoms with van der Waals surface area (Å²) in [5.74, 6) is 0. The Labute approximate surface area is 445 Å². The van der Waals surface area contributed by atoms with Crippen LogP contribution in [0.1, 0.15) is 0 Å². The lowest BCUT2D eigenvalue weighted by atomic mass is 9.94. The Bertz CT molecular complexity index is 3810. The van der Waals surface area contributed by atoms with Gasteiger partial charge in [-0.25, -0.2) is 0 Å². The van der Waals surface area contributed by atoms with Crippen LogP contribution < -0.4 is 9.80 Å². The van der Waals surface area contributed by atoms with Crippen LogP contribution in [0.15, 0.2) is 315 Å². The van der Waals surface area contributed by atoms with Crippen LogP contribution in [0.4, 0.5) is 34.1 Å². The molecule has 0 heterocycles. The Balaban J connectivity index is 0.774. The summed E-state index contributed by atoms with van der Waals surface area (Å²) >= 11 is 0. The van der Waals surface area contributed by atoms with Crippen molar-refractivity contribution in [3.05, 3.63) is 315 Å². The number of nitrogens with zero attached hydrogens (tertiary/aromatic N) is 2. The highest BCUT2D eigenvalue weighted by Crippen LogP contribution is 2.45. The van der Waals surface area contributed by atoms with Crippen molar-refractivity contribution in [3.8, 4) is 66.8 Å². The van der Waals surface area contributed by atoms with Crippen molar-refractivity contribution in [1.29, 1.82) is 0 Å². The van der Waals surface area contributed by atoms with Gasteiger partial charge >= 0.3 is 0 Å². The molecule has 13 aromatic rings. The number of anilines is 6. The summed E-state index contributed by atoms with van der Waals surface area (Å²) in [6, 6.07) is 114. The number of fused-ring (bicyclic) bond motifs is 2. The molecule has 2 nitrogen and oxygen atoms in total. The summed E-state index contributed by atoms with van der Waals surface area (Å²) < 4.78 is 0. The zero-order valence-electron chi connectivity index (χ0n) is 41.9. The van der Waals surface area contributed by atoms with Crippen LogP contribution in [0, 0.1) is 0 Å². The molecule has 2 heteroatoms. The van der Waals surface area contributed by atoms with Crippen LogP contribution in [0.5, 0.6) is 0 Å². The molecule has 13 rings (SSSR count). The molecular weight excluding hydrogens is 917 g/mol. The second kappa shape index (κ2) is 20.5. The third-order valence-corrected chi connectivity index (χ3v) is 14.7. The molecule has 0 N–H and O–H groups in total. The van der Waals surface area contributed by atoms with Crippen LogP contribution in [0.2, 0.25) is 0 Å². The van der Waals surface area contributed by atoms with Gasteiger partial charge in [-0.2, -0.15) is 0 Å². The summed E-state index contributed by atoms with van der Waals surface area (Å²) in [5, 5.41) is 4.82. The average molecular weight is 969 g/mol. The second-order valence-corrected chi connectivity index (χ2v) is 19.3. The van der Waals surface area contributed by atoms with E-state index in [0.29, 0.717) is 0 Å². The summed E-state index contributed by atoms with van der Waals surface area (Å²) in [6.45, 7) is 0. The van der Waals surface area contributed by atoms with Crippen molar-refractivity contribution < 1.29 is 0 Å². The maximum absolute atomic E-state index is 2.38. The van der Waals surface area contributed by atoms with E-state index >= 15 is 0 Å². The predicted octanol–water partition coefficient (Wildman–Crippen LogP) is 20.9. The fourth-order valence-corrected chi connectivity index (χ4v) is 10.9. The Morgan fingerprint density at radius 2 is 0.368 bits per heavy atom. The molecule has 0 fully saturated rings. The van der Waals surface area contributed by atoms with Crippen molar-refractivity contribution in [2.24, 2.45) is 0 Å². The number of hydrogen-bond donors (Lipinski definition) is 0. The summed E-state index contributed by atoms with van der Waals surface area (Å²) in [5.41, 5.74) is 21.0. The van der Waals surface area contributed by atoms with Crippen LogP contribution in [0.3, 0.4) is 0 Å². The summed E-state index contributed by atoms with van der Waals surface area (Å²) in [6.07, 6.45) is 0. The minimum absolute atomic E-state index is 1.10. The number of hydrogen-bond acceptors (Lipinski definition) is 2. The largest absolute Gasteiger partial charge is 0.310 e. The van der Waals surface area contributed by atoms with Crippen molar-refractivity contribution in [3.63, 3.8) is 0 Å². The van der Waals surface area contributed by atoms with Gasteiger partial charge in [0.2, 0.25) is 0 Å². The van der Waals surface area contributed by atoms with Gasteiger partial charge in [-0.15, -0.1) is 0 Å². The molecule has 0 amide bonds. The highest BCUT2D eigenvalue weighted by molar-refractivity contribution is 6.08. The SMILES string of the molecule is c1ccc(-c2ccc(-c3ccc(N(c4ccccc4)c4ccc(-c5ccc(-c6ccc(N(c7ccccc7)c7ccc(-c8ccc(-c9ccccc9)cc8)c8ccccc78)cc6)cc5)cc4)c4ccccc34)cc2)cc1. The van der Waals surface area contributed by atoms with E-state index in [1.165, 1.54) is 88.3 Å². The first-order chi connectivity index (χ1) is 37.7. The van der Waals surface area contributed by atoms with Gasteiger partial charge in [0.25, 0.3) is 0 Å². The lowest BCUT2D eigenvalue weighted by Crippen LogP contribution is -2.10. The Hall–Kier alpha value is -10.0. The van der Waals surface area contributed by atoms with E-state index in [9.17, 15) is 0 Å². The molecule has 0 atom stereocenters. The molecule has 0 aromatic heterocycles. The molecule has 0 radical (unpaired) electrons. The van der Waals surface area contributed by atoms with E-state index in [1.54, 1.807) is 0 Å². The van der Waals surface area contributed by atoms with E-state index in [0.717, 1.165) is 34.1 Å². The van der Waals surface area contributed by atoms with Gasteiger partial charge in [0, 0.05) is 33.5 Å². The monoisotopic (exact) mass is 968 g/mol. The smallest absolute Gasteiger partial charge is 0.0540 e. The summed E-state index contributed by atoms with van der Waals surface area (Å²) in [7, 11) is 0. The number of benzene rings is 13. The lowest BCUT2D eigenvalue weighted by molar-refractivity contribution is 1.30. The molecule has 0 bridgehead atoms. The van der Waals surface area contributed by atoms with Crippen molar-refractivity contribution >= 4 is 55.7 Å². The second-order valence-electron chi connectivity index (χ2n) is 19.3. The molecule has 0 saturated heterocycles. The molecule has 0 saturated carbocycles. The van der Waals surface area contributed by atoms with Gasteiger partial charge in [-0.05, 0) is 138 Å². The van der Waals surface area contributed by atoms with Gasteiger partial charge in [-0.1, -0.05) is 255 Å². The minimum atomic E-state index is 1.10. The molecule has 13 aromatic carbocycles. The molecule has 0 aliphatic rings. The lowest BCUT2D eigenvalue weighted by Gasteiger charge is -2.28. The van der Waals surface area contributed by atoms with E-state index in [4.69, 9.17) is 0 Å². The average Bonchev–Trinajstić information content (AvgIpc) is 3.52. The van der Waals surface area contributed by atoms with Crippen molar-refractivity contribution in [2.45, 2.75) is 0 Å². The van der Waals surface area contributed by atoms with E-state index < -0.39 is 0 Å². The zero-order valence-corrected chi connectivity index (χ0v) is 41.9. The fourth-order valence-electron chi connectivity index (χ4n) is 10.9. The molecule has 0 aliphatic heterocycles.